The molecule has 6 rings (SSSR count). The Hall–Kier alpha value is -4.77. The van der Waals surface area contributed by atoms with Crippen LogP contribution in [0.1, 0.15) is 72.9 Å². The molecule has 10 nitrogen and oxygen atoms in total. The van der Waals surface area contributed by atoms with Crippen molar-refractivity contribution in [1.82, 2.24) is 9.78 Å². The van der Waals surface area contributed by atoms with Gasteiger partial charge in [-0.25, -0.2) is 4.39 Å². The number of halogens is 1. The Morgan fingerprint density at radius 3 is 2.48 bits per heavy atom. The number of hydrogen-bond acceptors (Lipinski definition) is 7. The molecule has 0 radical (unpaired) electrons. The molecular weight excluding hydrogens is 613 g/mol. The molecule has 252 valence electrons. The molecule has 48 heavy (non-hydrogen) atoms. The number of carbonyl (C=O) groups excluding carboxylic acids is 3. The van der Waals surface area contributed by atoms with Gasteiger partial charge in [0.1, 0.15) is 11.4 Å². The molecule has 1 atom stereocenters. The summed E-state index contributed by atoms with van der Waals surface area (Å²) in [5.74, 6) is -1.58. The van der Waals surface area contributed by atoms with E-state index in [1.165, 1.54) is 18.2 Å². The number of rotatable bonds is 9. The van der Waals surface area contributed by atoms with Gasteiger partial charge in [-0.2, -0.15) is 5.10 Å². The zero-order valence-corrected chi connectivity index (χ0v) is 27.7. The van der Waals surface area contributed by atoms with Crippen molar-refractivity contribution in [3.8, 4) is 0 Å². The van der Waals surface area contributed by atoms with Crippen molar-refractivity contribution in [3.63, 3.8) is 0 Å². The largest absolute Gasteiger partial charge is 0.460 e. The zero-order chi connectivity index (χ0) is 33.8. The first kappa shape index (κ1) is 33.1. The van der Waals surface area contributed by atoms with Gasteiger partial charge >= 0.3 is 5.97 Å². The van der Waals surface area contributed by atoms with Crippen LogP contribution >= 0.6 is 0 Å². The van der Waals surface area contributed by atoms with Gasteiger partial charge in [-0.15, -0.1) is 0 Å². The minimum atomic E-state index is -0.708. The summed E-state index contributed by atoms with van der Waals surface area (Å²) in [4.78, 5) is 42.4. The van der Waals surface area contributed by atoms with E-state index in [9.17, 15) is 18.8 Å². The van der Waals surface area contributed by atoms with Gasteiger partial charge < -0.3 is 25.0 Å². The maximum Gasteiger partial charge on any atom is 0.310 e. The van der Waals surface area contributed by atoms with Crippen LogP contribution in [0.5, 0.6) is 0 Å². The van der Waals surface area contributed by atoms with E-state index in [0.29, 0.717) is 41.7 Å². The lowest BCUT2D eigenvalue weighted by Crippen LogP contribution is -2.30. The smallest absolute Gasteiger partial charge is 0.310 e. The number of hydrogen-bond donors (Lipinski definition) is 2. The maximum absolute atomic E-state index is 14.2. The quantitative estimate of drug-likeness (QED) is 0.196. The fourth-order valence-electron chi connectivity index (χ4n) is 6.33. The van der Waals surface area contributed by atoms with Crippen molar-refractivity contribution < 1.29 is 28.2 Å². The Balaban J connectivity index is 1.28. The second-order valence-electron chi connectivity index (χ2n) is 13.5. The van der Waals surface area contributed by atoms with Crippen LogP contribution in [0, 0.1) is 11.7 Å². The van der Waals surface area contributed by atoms with Gasteiger partial charge in [0, 0.05) is 48.8 Å². The molecule has 2 amide bonds. The van der Waals surface area contributed by atoms with Gasteiger partial charge in [0.15, 0.2) is 5.69 Å². The molecule has 2 N–H and O–H groups in total. The molecule has 11 heteroatoms. The first-order chi connectivity index (χ1) is 23.0. The van der Waals surface area contributed by atoms with E-state index in [1.54, 1.807) is 32.9 Å². The molecule has 3 heterocycles. The lowest BCUT2D eigenvalue weighted by Gasteiger charge is -2.30. The van der Waals surface area contributed by atoms with Crippen molar-refractivity contribution in [2.45, 2.75) is 65.0 Å². The number of benzene rings is 3. The summed E-state index contributed by atoms with van der Waals surface area (Å²) in [5.41, 5.74) is 2.66. The second-order valence-corrected chi connectivity index (χ2v) is 13.5. The summed E-state index contributed by atoms with van der Waals surface area (Å²) in [6.07, 6.45) is 3.93. The fourth-order valence-corrected chi connectivity index (χ4v) is 6.33. The highest BCUT2D eigenvalue weighted by molar-refractivity contribution is 6.13. The van der Waals surface area contributed by atoms with Crippen molar-refractivity contribution in [1.29, 1.82) is 0 Å². The third-order valence-electron chi connectivity index (χ3n) is 8.60. The third-order valence-corrected chi connectivity index (χ3v) is 8.60. The SMILES string of the molecule is CC(C)(C)OC(=O)Cc1cc(F)ccc1NC(=O)c1ccc(N2CCCCC2)c(NC(=O)c2nn(CC3CCOC3)c3ccccc23)c1. The van der Waals surface area contributed by atoms with E-state index < -0.39 is 23.3 Å². The fraction of sp³-hybridized carbons (Fsp3) is 0.405. The number of carbonyl (C=O) groups is 3. The average Bonchev–Trinajstić information content (AvgIpc) is 3.70. The Morgan fingerprint density at radius 2 is 1.73 bits per heavy atom. The second kappa shape index (κ2) is 14.1. The van der Waals surface area contributed by atoms with Crippen molar-refractivity contribution in [3.05, 3.63) is 83.3 Å². The number of ether oxygens (including phenoxy) is 2. The Labute approximate surface area is 279 Å². The molecular formula is C37H42FN5O5. The van der Waals surface area contributed by atoms with Crippen LogP contribution in [-0.2, 0) is 27.2 Å². The summed E-state index contributed by atoms with van der Waals surface area (Å²) in [6.45, 7) is 8.98. The van der Waals surface area contributed by atoms with E-state index >= 15 is 0 Å². The topological polar surface area (TPSA) is 115 Å². The average molecular weight is 656 g/mol. The van der Waals surface area contributed by atoms with Crippen molar-refractivity contribution in [2.24, 2.45) is 5.92 Å². The molecule has 3 aromatic carbocycles. The van der Waals surface area contributed by atoms with E-state index in [-0.39, 0.29) is 17.9 Å². The van der Waals surface area contributed by atoms with Gasteiger partial charge in [-0.05, 0) is 94.5 Å². The van der Waals surface area contributed by atoms with Crippen LogP contribution < -0.4 is 15.5 Å². The summed E-state index contributed by atoms with van der Waals surface area (Å²) >= 11 is 0. The highest BCUT2D eigenvalue weighted by Crippen LogP contribution is 2.32. The molecule has 2 aliphatic rings. The van der Waals surface area contributed by atoms with Crippen LogP contribution in [0.2, 0.25) is 0 Å². The normalized spacial score (nSPS) is 16.6. The lowest BCUT2D eigenvalue weighted by atomic mass is 10.1. The maximum atomic E-state index is 14.2. The summed E-state index contributed by atoms with van der Waals surface area (Å²) < 4.78 is 27.1. The number of anilines is 3. The molecule has 0 spiro atoms. The number of aromatic nitrogens is 2. The number of para-hydroxylation sites is 1. The van der Waals surface area contributed by atoms with Crippen LogP contribution in [0.3, 0.4) is 0 Å². The predicted molar refractivity (Wildman–Crippen MR) is 183 cm³/mol. The number of nitrogens with one attached hydrogen (secondary N) is 2. The molecule has 2 aliphatic heterocycles. The lowest BCUT2D eigenvalue weighted by molar-refractivity contribution is -0.153. The van der Waals surface area contributed by atoms with Gasteiger partial charge in [0.2, 0.25) is 0 Å². The molecule has 2 fully saturated rings. The number of fused-ring (bicyclic) bond motifs is 1. The van der Waals surface area contributed by atoms with Crippen molar-refractivity contribution in [2.75, 3.05) is 41.8 Å². The standard InChI is InChI=1S/C37H42FN5O5/c1-37(2,3)48-33(44)21-26-19-27(38)12-13-29(26)39-35(45)25-11-14-32(42-16-7-4-8-17-42)30(20-25)40-36(46)34-28-9-5-6-10-31(28)43(41-34)22-24-15-18-47-23-24/h5-6,9-14,19-20,24H,4,7-8,15-18,21-23H2,1-3H3,(H,39,45)(H,40,46). The minimum absolute atomic E-state index is 0.214. The summed E-state index contributed by atoms with van der Waals surface area (Å²) in [5, 5.41) is 11.4. The summed E-state index contributed by atoms with van der Waals surface area (Å²) in [7, 11) is 0. The van der Waals surface area contributed by atoms with Gasteiger partial charge in [0.25, 0.3) is 11.8 Å². The Kier molecular flexibility index (Phi) is 9.77. The predicted octanol–water partition coefficient (Wildman–Crippen LogP) is 6.59. The van der Waals surface area contributed by atoms with E-state index in [1.807, 2.05) is 35.0 Å². The third kappa shape index (κ3) is 7.84. The number of amides is 2. The number of nitrogens with zero attached hydrogens (tertiary/aromatic N) is 3. The molecule has 2 saturated heterocycles. The van der Waals surface area contributed by atoms with Gasteiger partial charge in [-0.3, -0.25) is 19.1 Å². The molecule has 0 saturated carbocycles. The minimum Gasteiger partial charge on any atom is -0.460 e. The molecule has 0 bridgehead atoms. The van der Waals surface area contributed by atoms with Crippen LogP contribution in [-0.4, -0.2) is 59.5 Å². The van der Waals surface area contributed by atoms with E-state index in [4.69, 9.17) is 14.6 Å². The number of esters is 1. The Morgan fingerprint density at radius 1 is 0.958 bits per heavy atom. The summed E-state index contributed by atoms with van der Waals surface area (Å²) in [6, 6.07) is 16.8. The highest BCUT2D eigenvalue weighted by Gasteiger charge is 2.25. The van der Waals surface area contributed by atoms with E-state index in [2.05, 4.69) is 15.5 Å². The van der Waals surface area contributed by atoms with Crippen LogP contribution in [0.15, 0.2) is 60.7 Å². The zero-order valence-electron chi connectivity index (χ0n) is 27.7. The van der Waals surface area contributed by atoms with Crippen molar-refractivity contribution >= 4 is 45.7 Å². The molecule has 4 aromatic rings. The Bertz CT molecular complexity index is 1820. The molecule has 0 aliphatic carbocycles. The molecule has 1 aromatic heterocycles. The highest BCUT2D eigenvalue weighted by atomic mass is 19.1. The van der Waals surface area contributed by atoms with Gasteiger partial charge in [0.05, 0.1) is 29.9 Å². The van der Waals surface area contributed by atoms with Crippen LogP contribution in [0.25, 0.3) is 10.9 Å². The van der Waals surface area contributed by atoms with Crippen LogP contribution in [0.4, 0.5) is 21.5 Å². The monoisotopic (exact) mass is 655 g/mol. The van der Waals surface area contributed by atoms with Gasteiger partial charge in [-0.1, -0.05) is 18.2 Å². The first-order valence-corrected chi connectivity index (χ1v) is 16.6. The first-order valence-electron chi connectivity index (χ1n) is 16.6. The molecule has 1 unspecified atom stereocenters. The van der Waals surface area contributed by atoms with E-state index in [0.717, 1.165) is 62.0 Å². The number of piperidine rings is 1.